The zero-order valence-electron chi connectivity index (χ0n) is 23.2. The molecule has 2 saturated heterocycles. The van der Waals surface area contributed by atoms with Crippen LogP contribution >= 0.6 is 0 Å². The van der Waals surface area contributed by atoms with Crippen LogP contribution in [0.5, 0.6) is 5.75 Å². The van der Waals surface area contributed by atoms with Crippen LogP contribution in [0, 0.1) is 0 Å². The number of likely N-dealkylation sites (tertiary alicyclic amines) is 1. The lowest BCUT2D eigenvalue weighted by Gasteiger charge is -2.34. The molecule has 0 bridgehead atoms. The third kappa shape index (κ3) is 7.90. The van der Waals surface area contributed by atoms with Gasteiger partial charge in [0.25, 0.3) is 5.91 Å². The molecule has 1 atom stereocenters. The molecule has 4 rings (SSSR count). The zero-order valence-corrected chi connectivity index (χ0v) is 23.2. The molecule has 12 heteroatoms. The lowest BCUT2D eigenvalue weighted by atomic mass is 10.0. The molecule has 1 unspecified atom stereocenters. The highest BCUT2D eigenvalue weighted by Crippen LogP contribution is 2.16. The number of phenols is 1. The molecular weight excluding hydrogens is 530 g/mol. The van der Waals surface area contributed by atoms with Gasteiger partial charge in [0.1, 0.15) is 11.8 Å². The fourth-order valence-electron chi connectivity index (χ4n) is 4.50. The Morgan fingerprint density at radius 2 is 1.51 bits per heavy atom. The van der Waals surface area contributed by atoms with Gasteiger partial charge in [0, 0.05) is 45.8 Å². The van der Waals surface area contributed by atoms with Crippen molar-refractivity contribution in [3.05, 3.63) is 65.7 Å². The van der Waals surface area contributed by atoms with Crippen LogP contribution in [0.4, 0.5) is 4.79 Å². The van der Waals surface area contributed by atoms with Crippen LogP contribution in [-0.2, 0) is 37.1 Å². The van der Waals surface area contributed by atoms with Crippen LogP contribution in [0.3, 0.4) is 0 Å². The summed E-state index contributed by atoms with van der Waals surface area (Å²) in [5, 5.41) is 11.8. The van der Waals surface area contributed by atoms with E-state index in [4.69, 9.17) is 5.11 Å². The number of phenolic OH excluding ortho intramolecular Hbond substituents is 1. The average molecular weight is 566 g/mol. The predicted octanol–water partition coefficient (Wildman–Crippen LogP) is 1.13. The summed E-state index contributed by atoms with van der Waals surface area (Å²) in [5.41, 5.74) is 1.73. The maximum absolute atomic E-state index is 12.1. The fourth-order valence-corrected chi connectivity index (χ4v) is 4.50. The third-order valence-corrected chi connectivity index (χ3v) is 6.91. The number of piperazine rings is 1. The smallest absolute Gasteiger partial charge is 0.324 e. The molecule has 0 aliphatic carbocycles. The Labute approximate surface area is 238 Å². The molecule has 0 radical (unpaired) electrons. The molecule has 41 heavy (non-hydrogen) atoms. The number of Topliss-reactive ketones (excluding diaryl/α,β-unsaturated/α-hetero) is 1. The van der Waals surface area contributed by atoms with Crippen molar-refractivity contribution in [2.75, 3.05) is 32.7 Å². The highest BCUT2D eigenvalue weighted by Gasteiger charge is 2.37. The van der Waals surface area contributed by atoms with E-state index in [-0.39, 0.29) is 18.8 Å². The normalized spacial score (nSPS) is 17.1. The van der Waals surface area contributed by atoms with Crippen LogP contribution in [0.15, 0.2) is 54.6 Å². The van der Waals surface area contributed by atoms with E-state index in [1.54, 1.807) is 19.1 Å². The third-order valence-electron chi connectivity index (χ3n) is 6.91. The first-order chi connectivity index (χ1) is 19.7. The molecule has 2 aromatic carbocycles. The topological polar surface area (TPSA) is 148 Å². The van der Waals surface area contributed by atoms with Gasteiger partial charge in [0.2, 0.25) is 12.2 Å². The number of aromatic hydroxyl groups is 1. The second-order valence-corrected chi connectivity index (χ2v) is 9.48. The molecule has 2 heterocycles. The van der Waals surface area contributed by atoms with Crippen LogP contribution in [0.1, 0.15) is 31.4 Å². The number of urea groups is 1. The van der Waals surface area contributed by atoms with Gasteiger partial charge < -0.3 is 25.1 Å². The van der Waals surface area contributed by atoms with Gasteiger partial charge in [-0.15, -0.1) is 0 Å². The van der Waals surface area contributed by atoms with Crippen molar-refractivity contribution < 1.29 is 33.9 Å². The maximum atomic E-state index is 12.1. The zero-order chi connectivity index (χ0) is 29.9. The van der Waals surface area contributed by atoms with E-state index in [1.165, 1.54) is 26.8 Å². The standard InChI is InChI=1S/C15H18N2O3.C14H17N3O4/c1-2-16-9-8-13(14(19)15(16)20)17(11-18)10-12-6-4-3-5-7-12;1-2-16-7-8-17(13(20)12(16)19)14(21)15-9-10-3-5-11(18)6-4-10/h3-7,11,13H,2,8-10H2,1H3;3-6,18H,2,7-9H2,1H3,(H,15,21). The SMILES string of the molecule is CCN1CCC(N(C=O)Cc2ccccc2)C(=O)C1=O.CCN1CCN(C(=O)NCc2ccc(O)cc2)C(=O)C1=O. The van der Waals surface area contributed by atoms with Crippen LogP contribution < -0.4 is 5.32 Å². The van der Waals surface area contributed by atoms with E-state index in [2.05, 4.69) is 5.32 Å². The number of piperidine rings is 1. The van der Waals surface area contributed by atoms with Gasteiger partial charge in [-0.3, -0.25) is 28.9 Å². The van der Waals surface area contributed by atoms with Crippen LogP contribution in [0.2, 0.25) is 0 Å². The van der Waals surface area contributed by atoms with Crippen molar-refractivity contribution >= 4 is 35.9 Å². The summed E-state index contributed by atoms with van der Waals surface area (Å²) in [6.07, 6.45) is 1.16. The Balaban J connectivity index is 0.000000226. The minimum Gasteiger partial charge on any atom is -0.508 e. The first kappa shape index (κ1) is 30.8. The molecule has 0 spiro atoms. The highest BCUT2D eigenvalue weighted by atomic mass is 16.3. The molecule has 0 aromatic heterocycles. The second kappa shape index (κ2) is 14.6. The van der Waals surface area contributed by atoms with Gasteiger partial charge in [0.15, 0.2) is 0 Å². The lowest BCUT2D eigenvalue weighted by Crippen LogP contribution is -2.58. The number of hydrogen-bond acceptors (Lipinski definition) is 7. The Morgan fingerprint density at radius 3 is 2.12 bits per heavy atom. The van der Waals surface area contributed by atoms with Gasteiger partial charge in [-0.05, 0) is 43.5 Å². The number of hydrogen-bond donors (Lipinski definition) is 2. The summed E-state index contributed by atoms with van der Waals surface area (Å²) >= 11 is 0. The number of nitrogens with zero attached hydrogens (tertiary/aromatic N) is 4. The molecule has 2 fully saturated rings. The molecular formula is C29H35N5O7. The van der Waals surface area contributed by atoms with Gasteiger partial charge in [-0.25, -0.2) is 4.79 Å². The van der Waals surface area contributed by atoms with Crippen molar-refractivity contribution in [1.82, 2.24) is 24.9 Å². The Kier molecular flexibility index (Phi) is 11.0. The number of likely N-dealkylation sites (N-methyl/N-ethyl adjacent to an activating group) is 2. The number of carbonyl (C=O) groups excluding carboxylic acids is 6. The number of rotatable bonds is 8. The minimum absolute atomic E-state index is 0.140. The average Bonchev–Trinajstić information content (AvgIpc) is 2.99. The van der Waals surface area contributed by atoms with E-state index in [9.17, 15) is 28.8 Å². The lowest BCUT2D eigenvalue weighted by molar-refractivity contribution is -0.153. The Hall–Kier alpha value is -4.74. The van der Waals surface area contributed by atoms with Crippen molar-refractivity contribution in [2.24, 2.45) is 0 Å². The molecule has 6 amide bonds. The summed E-state index contributed by atoms with van der Waals surface area (Å²) < 4.78 is 0. The van der Waals surface area contributed by atoms with E-state index in [0.29, 0.717) is 45.6 Å². The van der Waals surface area contributed by atoms with Gasteiger partial charge >= 0.3 is 17.8 Å². The van der Waals surface area contributed by atoms with Gasteiger partial charge in [-0.1, -0.05) is 42.5 Å². The molecule has 0 saturated carbocycles. The van der Waals surface area contributed by atoms with Gasteiger partial charge in [-0.2, -0.15) is 0 Å². The molecule has 218 valence electrons. The number of nitrogens with one attached hydrogen (secondary N) is 1. The largest absolute Gasteiger partial charge is 0.508 e. The summed E-state index contributed by atoms with van der Waals surface area (Å²) in [4.78, 5) is 76.0. The summed E-state index contributed by atoms with van der Waals surface area (Å²) in [6, 6.07) is 14.6. The van der Waals surface area contributed by atoms with E-state index < -0.39 is 35.6 Å². The first-order valence-corrected chi connectivity index (χ1v) is 13.4. The molecule has 2 aliphatic heterocycles. The van der Waals surface area contributed by atoms with Crippen LogP contribution in [0.25, 0.3) is 0 Å². The summed E-state index contributed by atoms with van der Waals surface area (Å²) in [7, 11) is 0. The number of benzene rings is 2. The second-order valence-electron chi connectivity index (χ2n) is 9.48. The monoisotopic (exact) mass is 565 g/mol. The fraction of sp³-hybridized carbons (Fsp3) is 0.379. The van der Waals surface area contributed by atoms with E-state index >= 15 is 0 Å². The maximum Gasteiger partial charge on any atom is 0.324 e. The number of carbonyl (C=O) groups is 6. The quantitative estimate of drug-likeness (QED) is 0.360. The van der Waals surface area contributed by atoms with Crippen molar-refractivity contribution in [3.8, 4) is 5.75 Å². The van der Waals surface area contributed by atoms with Crippen molar-refractivity contribution in [1.29, 1.82) is 0 Å². The number of ketones is 1. The van der Waals surface area contributed by atoms with Gasteiger partial charge in [0.05, 0.1) is 0 Å². The van der Waals surface area contributed by atoms with Crippen LogP contribution in [-0.4, -0.2) is 99.4 Å². The Bertz CT molecular complexity index is 1250. The van der Waals surface area contributed by atoms with Crippen molar-refractivity contribution in [2.45, 2.75) is 39.4 Å². The summed E-state index contributed by atoms with van der Waals surface area (Å²) in [6.45, 7) is 6.23. The Morgan fingerprint density at radius 1 is 0.878 bits per heavy atom. The number of amides is 6. The van der Waals surface area contributed by atoms with Crippen molar-refractivity contribution in [3.63, 3.8) is 0 Å². The first-order valence-electron chi connectivity index (χ1n) is 13.4. The molecule has 2 aromatic rings. The number of imide groups is 1. The predicted molar refractivity (Wildman–Crippen MR) is 148 cm³/mol. The highest BCUT2D eigenvalue weighted by molar-refractivity contribution is 6.39. The molecule has 2 aliphatic rings. The van der Waals surface area contributed by atoms with E-state index in [1.807, 2.05) is 37.3 Å². The minimum atomic E-state index is -0.800. The summed E-state index contributed by atoms with van der Waals surface area (Å²) in [5.74, 6) is -2.28. The molecule has 2 N–H and O–H groups in total. The molecule has 12 nitrogen and oxygen atoms in total. The van der Waals surface area contributed by atoms with E-state index in [0.717, 1.165) is 16.0 Å².